The van der Waals surface area contributed by atoms with E-state index in [1.165, 1.54) is 0 Å². The first kappa shape index (κ1) is 10.7. The number of nitrogens with zero attached hydrogens (tertiary/aromatic N) is 2. The van der Waals surface area contributed by atoms with Crippen LogP contribution in [-0.4, -0.2) is 4.98 Å². The number of rotatable bonds is 3. The summed E-state index contributed by atoms with van der Waals surface area (Å²) in [5, 5.41) is 15.0. The van der Waals surface area contributed by atoms with E-state index in [9.17, 15) is 0 Å². The lowest BCUT2D eigenvalue weighted by molar-refractivity contribution is 1.05. The molecule has 1 aromatic heterocycles. The van der Waals surface area contributed by atoms with Crippen molar-refractivity contribution in [2.24, 2.45) is 0 Å². The minimum absolute atomic E-state index is 0.676. The molecule has 1 N–H and O–H groups in total. The zero-order chi connectivity index (χ0) is 11.4. The molecule has 1 heterocycles. The van der Waals surface area contributed by atoms with E-state index >= 15 is 0 Å². The highest BCUT2D eigenvalue weighted by molar-refractivity contribution is 7.09. The molecule has 0 bridgehead atoms. The molecule has 0 spiro atoms. The Morgan fingerprint density at radius 2 is 2.12 bits per heavy atom. The van der Waals surface area contributed by atoms with Crippen LogP contribution in [0.25, 0.3) is 0 Å². The average Bonchev–Trinajstić information content (AvgIpc) is 2.73. The Labute approximate surface area is 98.4 Å². The lowest BCUT2D eigenvalue weighted by Crippen LogP contribution is -1.99. The van der Waals surface area contributed by atoms with Crippen LogP contribution in [0.3, 0.4) is 0 Å². The van der Waals surface area contributed by atoms with Crippen molar-refractivity contribution in [2.45, 2.75) is 13.5 Å². The van der Waals surface area contributed by atoms with Crippen molar-refractivity contribution >= 4 is 17.0 Å². The fourth-order valence-electron chi connectivity index (χ4n) is 1.34. The molecule has 0 amide bonds. The van der Waals surface area contributed by atoms with Crippen LogP contribution >= 0.6 is 11.3 Å². The number of aryl methyl sites for hydroxylation is 1. The quantitative estimate of drug-likeness (QED) is 0.880. The lowest BCUT2D eigenvalue weighted by Gasteiger charge is -2.03. The molecule has 0 aliphatic heterocycles. The van der Waals surface area contributed by atoms with Gasteiger partial charge in [0.25, 0.3) is 0 Å². The number of nitrogens with one attached hydrogen (secondary N) is 1. The average molecular weight is 229 g/mol. The van der Waals surface area contributed by atoms with Crippen molar-refractivity contribution in [1.82, 2.24) is 4.98 Å². The van der Waals surface area contributed by atoms with Gasteiger partial charge in [-0.3, -0.25) is 0 Å². The second-order valence-electron chi connectivity index (χ2n) is 3.40. The second kappa shape index (κ2) is 4.77. The first-order chi connectivity index (χ1) is 7.78. The number of benzene rings is 1. The van der Waals surface area contributed by atoms with Crippen LogP contribution in [0.4, 0.5) is 5.69 Å². The first-order valence-corrected chi connectivity index (χ1v) is 5.81. The zero-order valence-corrected chi connectivity index (χ0v) is 9.71. The van der Waals surface area contributed by atoms with Crippen molar-refractivity contribution in [1.29, 1.82) is 5.26 Å². The Bertz CT molecular complexity index is 508. The largest absolute Gasteiger partial charge is 0.379 e. The van der Waals surface area contributed by atoms with E-state index in [0.29, 0.717) is 5.56 Å². The van der Waals surface area contributed by atoms with E-state index in [1.54, 1.807) is 23.5 Å². The molecular formula is C12H11N3S. The van der Waals surface area contributed by atoms with Crippen LogP contribution in [0.5, 0.6) is 0 Å². The van der Waals surface area contributed by atoms with Crippen molar-refractivity contribution in [3.63, 3.8) is 0 Å². The third-order valence-corrected chi connectivity index (χ3v) is 2.98. The van der Waals surface area contributed by atoms with Gasteiger partial charge in [0, 0.05) is 11.1 Å². The molecule has 0 aliphatic carbocycles. The summed E-state index contributed by atoms with van der Waals surface area (Å²) in [6, 6.07) is 9.49. The molecule has 0 aliphatic rings. The first-order valence-electron chi connectivity index (χ1n) is 4.93. The highest BCUT2D eigenvalue weighted by Crippen LogP contribution is 2.12. The summed E-state index contributed by atoms with van der Waals surface area (Å²) in [4.78, 5) is 4.36. The predicted octanol–water partition coefficient (Wildman–Crippen LogP) is 2.94. The van der Waals surface area contributed by atoms with Crippen LogP contribution in [0, 0.1) is 18.3 Å². The van der Waals surface area contributed by atoms with Crippen LogP contribution < -0.4 is 5.32 Å². The van der Waals surface area contributed by atoms with Gasteiger partial charge in [-0.25, -0.2) is 4.98 Å². The smallest absolute Gasteiger partial charge is 0.0991 e. The monoisotopic (exact) mass is 229 g/mol. The Morgan fingerprint density at radius 3 is 2.69 bits per heavy atom. The number of anilines is 1. The van der Waals surface area contributed by atoms with Crippen molar-refractivity contribution in [3.8, 4) is 6.07 Å². The van der Waals surface area contributed by atoms with Gasteiger partial charge in [-0.2, -0.15) is 5.26 Å². The maximum atomic E-state index is 8.66. The van der Waals surface area contributed by atoms with Crippen LogP contribution in [0.1, 0.15) is 16.3 Å². The second-order valence-corrected chi connectivity index (χ2v) is 4.46. The fraction of sp³-hybridized carbons (Fsp3) is 0.167. The summed E-state index contributed by atoms with van der Waals surface area (Å²) in [7, 11) is 0. The van der Waals surface area contributed by atoms with Crippen LogP contribution in [0.2, 0.25) is 0 Å². The third kappa shape index (κ3) is 2.59. The normalized spacial score (nSPS) is 9.75. The Hall–Kier alpha value is -1.86. The summed E-state index contributed by atoms with van der Waals surface area (Å²) < 4.78 is 0. The van der Waals surface area contributed by atoms with E-state index in [0.717, 1.165) is 22.9 Å². The molecule has 16 heavy (non-hydrogen) atoms. The van der Waals surface area contributed by atoms with Gasteiger partial charge in [-0.15, -0.1) is 11.3 Å². The van der Waals surface area contributed by atoms with E-state index in [1.807, 2.05) is 24.4 Å². The number of aromatic nitrogens is 1. The summed E-state index contributed by atoms with van der Waals surface area (Å²) in [6.45, 7) is 2.71. The summed E-state index contributed by atoms with van der Waals surface area (Å²) in [6.07, 6.45) is 0. The van der Waals surface area contributed by atoms with Crippen molar-refractivity contribution in [3.05, 3.63) is 45.9 Å². The van der Waals surface area contributed by atoms with Gasteiger partial charge in [-0.1, -0.05) is 0 Å². The molecule has 3 nitrogen and oxygen atoms in total. The maximum Gasteiger partial charge on any atom is 0.0991 e. The van der Waals surface area contributed by atoms with Crippen molar-refractivity contribution < 1.29 is 0 Å². The SMILES string of the molecule is Cc1nc(CNc2ccc(C#N)cc2)cs1. The molecule has 4 heteroatoms. The maximum absolute atomic E-state index is 8.66. The molecule has 0 unspecified atom stereocenters. The molecule has 0 saturated heterocycles. The molecule has 2 rings (SSSR count). The Morgan fingerprint density at radius 1 is 1.38 bits per heavy atom. The predicted molar refractivity (Wildman–Crippen MR) is 65.3 cm³/mol. The van der Waals surface area contributed by atoms with Gasteiger partial charge in [0.1, 0.15) is 0 Å². The minimum Gasteiger partial charge on any atom is -0.379 e. The Balaban J connectivity index is 1.97. The van der Waals surface area contributed by atoms with Crippen molar-refractivity contribution in [2.75, 3.05) is 5.32 Å². The summed E-state index contributed by atoms with van der Waals surface area (Å²) >= 11 is 1.65. The summed E-state index contributed by atoms with van der Waals surface area (Å²) in [5.74, 6) is 0. The zero-order valence-electron chi connectivity index (χ0n) is 8.90. The number of nitriles is 1. The van der Waals surface area contributed by atoms with E-state index in [4.69, 9.17) is 5.26 Å². The highest BCUT2D eigenvalue weighted by Gasteiger charge is 1.98. The highest BCUT2D eigenvalue weighted by atomic mass is 32.1. The van der Waals surface area contributed by atoms with E-state index in [2.05, 4.69) is 16.4 Å². The molecule has 0 fully saturated rings. The molecular weight excluding hydrogens is 218 g/mol. The topological polar surface area (TPSA) is 48.7 Å². The van der Waals surface area contributed by atoms with E-state index in [-0.39, 0.29) is 0 Å². The van der Waals surface area contributed by atoms with Gasteiger partial charge in [-0.05, 0) is 31.2 Å². The third-order valence-electron chi connectivity index (χ3n) is 2.15. The number of thiazole rings is 1. The van der Waals surface area contributed by atoms with Crippen LogP contribution in [0.15, 0.2) is 29.6 Å². The molecule has 0 radical (unpaired) electrons. The fourth-order valence-corrected chi connectivity index (χ4v) is 1.96. The Kier molecular flexibility index (Phi) is 3.18. The molecule has 0 saturated carbocycles. The van der Waals surface area contributed by atoms with E-state index < -0.39 is 0 Å². The van der Waals surface area contributed by atoms with Gasteiger partial charge in [0.05, 0.1) is 28.9 Å². The molecule has 0 atom stereocenters. The molecule has 2 aromatic rings. The minimum atomic E-state index is 0.676. The van der Waals surface area contributed by atoms with Crippen LogP contribution in [-0.2, 0) is 6.54 Å². The lowest BCUT2D eigenvalue weighted by atomic mass is 10.2. The van der Waals surface area contributed by atoms with Gasteiger partial charge >= 0.3 is 0 Å². The van der Waals surface area contributed by atoms with Gasteiger partial charge in [0.2, 0.25) is 0 Å². The summed E-state index contributed by atoms with van der Waals surface area (Å²) in [5.41, 5.74) is 2.73. The molecule has 1 aromatic carbocycles. The number of hydrogen-bond acceptors (Lipinski definition) is 4. The number of hydrogen-bond donors (Lipinski definition) is 1. The molecule has 80 valence electrons. The van der Waals surface area contributed by atoms with Gasteiger partial charge < -0.3 is 5.32 Å². The standard InChI is InChI=1S/C12H11N3S/c1-9-15-12(8-16-9)7-14-11-4-2-10(6-13)3-5-11/h2-5,8,14H,7H2,1H3. The van der Waals surface area contributed by atoms with Gasteiger partial charge in [0.15, 0.2) is 0 Å².